The molecule has 1 heterocycles. The van der Waals surface area contributed by atoms with Gasteiger partial charge in [0.25, 0.3) is 0 Å². The molecular formula is C26H34N4O2. The normalized spacial score (nSPS) is 12.2. The van der Waals surface area contributed by atoms with Crippen molar-refractivity contribution in [1.82, 2.24) is 14.8 Å². The van der Waals surface area contributed by atoms with Crippen LogP contribution in [0.1, 0.15) is 44.4 Å². The van der Waals surface area contributed by atoms with Crippen LogP contribution >= 0.6 is 0 Å². The van der Waals surface area contributed by atoms with Crippen molar-refractivity contribution in [3.63, 3.8) is 0 Å². The second-order valence-electron chi connectivity index (χ2n) is 8.23. The number of benzene rings is 2. The summed E-state index contributed by atoms with van der Waals surface area (Å²) >= 11 is 0. The molecule has 0 aliphatic rings. The highest BCUT2D eigenvalue weighted by atomic mass is 16.2. The highest BCUT2D eigenvalue weighted by Crippen LogP contribution is 2.23. The Hall–Kier alpha value is -3.12. The zero-order valence-electron chi connectivity index (χ0n) is 19.5. The molecule has 0 saturated carbocycles. The zero-order valence-corrected chi connectivity index (χ0v) is 19.5. The maximum Gasteiger partial charge on any atom is 0.226 e. The largest absolute Gasteiger partial charge is 0.349 e. The van der Waals surface area contributed by atoms with E-state index in [4.69, 9.17) is 0 Å². The van der Waals surface area contributed by atoms with Crippen LogP contribution in [0.5, 0.6) is 0 Å². The number of hydrogen-bond acceptors (Lipinski definition) is 3. The predicted molar refractivity (Wildman–Crippen MR) is 131 cm³/mol. The van der Waals surface area contributed by atoms with Gasteiger partial charge in [0.05, 0.1) is 12.5 Å². The SMILES string of the molecule is CCN(CC)CCn1ccc2cc(NC(=O)CC(NC(C)=O)c3ccc(C)cc3)ccc21. The fourth-order valence-electron chi connectivity index (χ4n) is 3.96. The fraction of sp³-hybridized carbons (Fsp3) is 0.385. The van der Waals surface area contributed by atoms with E-state index in [0.717, 1.165) is 53.9 Å². The van der Waals surface area contributed by atoms with Crippen LogP contribution in [0.2, 0.25) is 0 Å². The maximum atomic E-state index is 12.8. The summed E-state index contributed by atoms with van der Waals surface area (Å²) in [7, 11) is 0. The van der Waals surface area contributed by atoms with Crippen molar-refractivity contribution in [2.75, 3.05) is 25.0 Å². The summed E-state index contributed by atoms with van der Waals surface area (Å²) in [6.45, 7) is 11.9. The van der Waals surface area contributed by atoms with E-state index in [0.29, 0.717) is 0 Å². The van der Waals surface area contributed by atoms with Crippen LogP contribution in [-0.2, 0) is 16.1 Å². The third-order valence-corrected chi connectivity index (χ3v) is 5.85. The van der Waals surface area contributed by atoms with Gasteiger partial charge in [-0.2, -0.15) is 0 Å². The Balaban J connectivity index is 1.67. The van der Waals surface area contributed by atoms with Gasteiger partial charge in [-0.3, -0.25) is 9.59 Å². The number of fused-ring (bicyclic) bond motifs is 1. The minimum absolute atomic E-state index is 0.135. The van der Waals surface area contributed by atoms with Crippen LogP contribution in [0.15, 0.2) is 54.7 Å². The van der Waals surface area contributed by atoms with E-state index in [9.17, 15) is 9.59 Å². The Morgan fingerprint density at radius 1 is 1.03 bits per heavy atom. The summed E-state index contributed by atoms with van der Waals surface area (Å²) in [5.41, 5.74) is 3.97. The second-order valence-corrected chi connectivity index (χ2v) is 8.23. The van der Waals surface area contributed by atoms with E-state index in [-0.39, 0.29) is 24.3 Å². The van der Waals surface area contributed by atoms with E-state index in [2.05, 4.69) is 52.3 Å². The lowest BCUT2D eigenvalue weighted by atomic mass is 10.0. The number of aromatic nitrogens is 1. The standard InChI is InChI=1S/C26H34N4O2/c1-5-29(6-2)15-16-30-14-13-22-17-23(11-12-25(22)30)28-26(32)18-24(27-20(4)31)21-9-7-19(3)8-10-21/h7-14,17,24H,5-6,15-16,18H2,1-4H3,(H,27,31)(H,28,32). The molecule has 0 aliphatic carbocycles. The summed E-state index contributed by atoms with van der Waals surface area (Å²) < 4.78 is 2.25. The highest BCUT2D eigenvalue weighted by Gasteiger charge is 2.17. The molecule has 1 unspecified atom stereocenters. The lowest BCUT2D eigenvalue weighted by Gasteiger charge is -2.19. The van der Waals surface area contributed by atoms with E-state index >= 15 is 0 Å². The van der Waals surface area contributed by atoms with Gasteiger partial charge in [-0.15, -0.1) is 0 Å². The Bertz CT molecular complexity index is 1050. The number of anilines is 1. The fourth-order valence-corrected chi connectivity index (χ4v) is 3.96. The van der Waals surface area contributed by atoms with Crippen molar-refractivity contribution < 1.29 is 9.59 Å². The van der Waals surface area contributed by atoms with Crippen LogP contribution in [-0.4, -0.2) is 40.9 Å². The molecule has 2 aromatic carbocycles. The summed E-state index contributed by atoms with van der Waals surface area (Å²) in [6, 6.07) is 15.6. The van der Waals surface area contributed by atoms with Gasteiger partial charge in [0.2, 0.25) is 11.8 Å². The quantitative estimate of drug-likeness (QED) is 0.494. The lowest BCUT2D eigenvalue weighted by Crippen LogP contribution is -2.29. The first kappa shape index (κ1) is 23.5. The third kappa shape index (κ3) is 6.20. The highest BCUT2D eigenvalue weighted by molar-refractivity contribution is 5.94. The van der Waals surface area contributed by atoms with E-state index < -0.39 is 0 Å². The molecule has 6 heteroatoms. The van der Waals surface area contributed by atoms with E-state index in [1.54, 1.807) is 0 Å². The number of likely N-dealkylation sites (N-methyl/N-ethyl adjacent to an activating group) is 1. The van der Waals surface area contributed by atoms with Gasteiger partial charge < -0.3 is 20.1 Å². The molecule has 1 aromatic heterocycles. The van der Waals surface area contributed by atoms with E-state index in [1.165, 1.54) is 6.92 Å². The average Bonchev–Trinajstić information content (AvgIpc) is 3.16. The van der Waals surface area contributed by atoms with Gasteiger partial charge in [0.1, 0.15) is 0 Å². The van der Waals surface area contributed by atoms with Crippen molar-refractivity contribution in [3.05, 3.63) is 65.9 Å². The van der Waals surface area contributed by atoms with Crippen molar-refractivity contribution in [1.29, 1.82) is 0 Å². The topological polar surface area (TPSA) is 66.4 Å². The Morgan fingerprint density at radius 2 is 1.75 bits per heavy atom. The maximum absolute atomic E-state index is 12.8. The first-order valence-corrected chi connectivity index (χ1v) is 11.3. The molecule has 0 fully saturated rings. The first-order chi connectivity index (χ1) is 15.4. The molecule has 170 valence electrons. The van der Waals surface area contributed by atoms with Crippen LogP contribution in [0.4, 0.5) is 5.69 Å². The molecule has 2 N–H and O–H groups in total. The first-order valence-electron chi connectivity index (χ1n) is 11.3. The molecule has 3 aromatic rings. The van der Waals surface area contributed by atoms with E-state index in [1.807, 2.05) is 43.3 Å². The molecule has 0 bridgehead atoms. The number of rotatable bonds is 10. The second kappa shape index (κ2) is 11.0. The third-order valence-electron chi connectivity index (χ3n) is 5.85. The monoisotopic (exact) mass is 434 g/mol. The minimum atomic E-state index is -0.363. The Kier molecular flexibility index (Phi) is 8.06. The van der Waals surface area contributed by atoms with Gasteiger partial charge in [0, 0.05) is 42.8 Å². The molecule has 0 saturated heterocycles. The van der Waals surface area contributed by atoms with Crippen LogP contribution in [0.3, 0.4) is 0 Å². The van der Waals surface area contributed by atoms with Gasteiger partial charge in [0.15, 0.2) is 0 Å². The van der Waals surface area contributed by atoms with Crippen molar-refractivity contribution in [2.45, 2.75) is 46.7 Å². The van der Waals surface area contributed by atoms with Crippen LogP contribution in [0, 0.1) is 6.92 Å². The average molecular weight is 435 g/mol. The number of nitrogens with one attached hydrogen (secondary N) is 2. The van der Waals surface area contributed by atoms with Gasteiger partial charge in [-0.1, -0.05) is 43.7 Å². The van der Waals surface area contributed by atoms with Crippen LogP contribution < -0.4 is 10.6 Å². The summed E-state index contributed by atoms with van der Waals surface area (Å²) in [5.74, 6) is -0.291. The number of hydrogen-bond donors (Lipinski definition) is 2. The minimum Gasteiger partial charge on any atom is -0.349 e. The van der Waals surface area contributed by atoms with Gasteiger partial charge in [-0.25, -0.2) is 0 Å². The number of aryl methyl sites for hydroxylation is 1. The zero-order chi connectivity index (χ0) is 23.1. The Morgan fingerprint density at radius 3 is 2.41 bits per heavy atom. The Labute approximate surface area is 190 Å². The molecule has 0 aliphatic heterocycles. The summed E-state index contributed by atoms with van der Waals surface area (Å²) in [6.07, 6.45) is 2.27. The predicted octanol–water partition coefficient (Wildman–Crippen LogP) is 4.50. The van der Waals surface area contributed by atoms with Crippen molar-refractivity contribution >= 4 is 28.4 Å². The van der Waals surface area contributed by atoms with Crippen LogP contribution in [0.25, 0.3) is 10.9 Å². The smallest absolute Gasteiger partial charge is 0.226 e. The lowest BCUT2D eigenvalue weighted by molar-refractivity contribution is -0.120. The van der Waals surface area contributed by atoms with Gasteiger partial charge >= 0.3 is 0 Å². The van der Waals surface area contributed by atoms with Gasteiger partial charge in [-0.05, 0) is 49.8 Å². The number of carbonyl (C=O) groups excluding carboxylic acids is 2. The number of carbonyl (C=O) groups is 2. The molecule has 0 spiro atoms. The summed E-state index contributed by atoms with van der Waals surface area (Å²) in [4.78, 5) is 26.8. The molecule has 3 rings (SSSR count). The van der Waals surface area contributed by atoms with Crippen molar-refractivity contribution in [3.8, 4) is 0 Å². The number of amides is 2. The molecule has 32 heavy (non-hydrogen) atoms. The summed E-state index contributed by atoms with van der Waals surface area (Å²) in [5, 5.41) is 6.98. The molecule has 1 atom stereocenters. The molecule has 2 amide bonds. The number of nitrogens with zero attached hydrogens (tertiary/aromatic N) is 2. The molecule has 0 radical (unpaired) electrons. The molecular weight excluding hydrogens is 400 g/mol. The van der Waals surface area contributed by atoms with Crippen molar-refractivity contribution in [2.24, 2.45) is 0 Å². The molecule has 6 nitrogen and oxygen atoms in total.